The third-order valence-electron chi connectivity index (χ3n) is 6.32. The Hall–Kier alpha value is -3.86. The maximum absolute atomic E-state index is 15.0. The molecule has 0 atom stereocenters. The number of guanidine groups is 1. The van der Waals surface area contributed by atoms with E-state index in [0.29, 0.717) is 41.6 Å². The van der Waals surface area contributed by atoms with Gasteiger partial charge in [0.15, 0.2) is 0 Å². The highest BCUT2D eigenvalue weighted by Gasteiger charge is 2.21. The molecule has 40 heavy (non-hydrogen) atoms. The van der Waals surface area contributed by atoms with Crippen LogP contribution in [-0.4, -0.2) is 63.0 Å². The number of carbonyl (C=O) groups is 1. The fourth-order valence-corrected chi connectivity index (χ4v) is 4.82. The molecule has 7 nitrogen and oxygen atoms in total. The lowest BCUT2D eigenvalue weighted by atomic mass is 9.96. The van der Waals surface area contributed by atoms with E-state index in [1.165, 1.54) is 13.2 Å². The Morgan fingerprint density at radius 2 is 1.98 bits per heavy atom. The van der Waals surface area contributed by atoms with Gasteiger partial charge in [-0.1, -0.05) is 19.1 Å². The number of hydrogen-bond acceptors (Lipinski definition) is 4. The van der Waals surface area contributed by atoms with E-state index in [4.69, 9.17) is 9.73 Å². The number of benzene rings is 3. The van der Waals surface area contributed by atoms with Gasteiger partial charge in [-0.15, -0.1) is 0 Å². The molecule has 1 aliphatic rings. The zero-order valence-corrected chi connectivity index (χ0v) is 25.1. The van der Waals surface area contributed by atoms with Gasteiger partial charge < -0.3 is 15.0 Å². The van der Waals surface area contributed by atoms with E-state index in [0.717, 1.165) is 32.4 Å². The van der Waals surface area contributed by atoms with Crippen LogP contribution in [0.4, 0.5) is 10.1 Å². The minimum absolute atomic E-state index is 0.0148. The van der Waals surface area contributed by atoms with Crippen LogP contribution in [0.1, 0.15) is 40.4 Å². The quantitative estimate of drug-likeness (QED) is 0.185. The van der Waals surface area contributed by atoms with Gasteiger partial charge in [-0.25, -0.2) is 9.38 Å². The van der Waals surface area contributed by atoms with Gasteiger partial charge in [0.1, 0.15) is 11.6 Å². The third-order valence-corrected chi connectivity index (χ3v) is 6.99. The molecule has 0 radical (unpaired) electrons. The molecule has 9 heteroatoms. The van der Waals surface area contributed by atoms with E-state index in [1.807, 2.05) is 43.3 Å². The maximum Gasteiger partial charge on any atom is 0.253 e. The molecular weight excluding hydrogens is 620 g/mol. The molecule has 1 heterocycles. The van der Waals surface area contributed by atoms with Gasteiger partial charge in [-0.05, 0) is 94.8 Å². The van der Waals surface area contributed by atoms with E-state index in [2.05, 4.69) is 37.9 Å². The van der Waals surface area contributed by atoms with Crippen LogP contribution in [0.25, 0.3) is 6.08 Å². The number of methoxy groups -OCH3 is 1. The zero-order valence-electron chi connectivity index (χ0n) is 22.9. The van der Waals surface area contributed by atoms with Crippen LogP contribution in [0.3, 0.4) is 0 Å². The van der Waals surface area contributed by atoms with Gasteiger partial charge in [-0.2, -0.15) is 0 Å². The molecule has 0 aromatic heterocycles. The first-order chi connectivity index (χ1) is 19.3. The second-order valence-corrected chi connectivity index (χ2v) is 10.4. The first-order valence-electron chi connectivity index (χ1n) is 12.9. The van der Waals surface area contributed by atoms with Gasteiger partial charge >= 0.3 is 0 Å². The van der Waals surface area contributed by atoms with Crippen LogP contribution < -0.4 is 10.1 Å². The Labute approximate surface area is 247 Å². The predicted molar refractivity (Wildman–Crippen MR) is 170 cm³/mol. The molecule has 0 spiro atoms. The van der Waals surface area contributed by atoms with Gasteiger partial charge in [0.25, 0.3) is 5.91 Å². The highest BCUT2D eigenvalue weighted by atomic mass is 127. The molecule has 0 bridgehead atoms. The lowest BCUT2D eigenvalue weighted by molar-refractivity contribution is 0.0795. The molecule has 1 aliphatic heterocycles. The highest BCUT2D eigenvalue weighted by Crippen LogP contribution is 2.30. The number of nitrogens with zero attached hydrogens (tertiary/aromatic N) is 4. The summed E-state index contributed by atoms with van der Waals surface area (Å²) in [7, 11) is 4.98. The van der Waals surface area contributed by atoms with Gasteiger partial charge in [0.2, 0.25) is 5.96 Å². The highest BCUT2D eigenvalue weighted by molar-refractivity contribution is 14.1. The number of hydrogen-bond donors (Lipinski definition) is 1. The van der Waals surface area contributed by atoms with Gasteiger partial charge in [-0.3, -0.25) is 14.8 Å². The lowest BCUT2D eigenvalue weighted by Gasteiger charge is -2.16. The average Bonchev–Trinajstić information content (AvgIpc) is 3.14. The summed E-state index contributed by atoms with van der Waals surface area (Å²) in [5, 5.41) is 3.19. The van der Waals surface area contributed by atoms with Crippen molar-refractivity contribution in [2.24, 2.45) is 15.0 Å². The molecule has 0 saturated carbocycles. The number of rotatable bonds is 7. The average molecular weight is 652 g/mol. The van der Waals surface area contributed by atoms with Crippen LogP contribution in [0.2, 0.25) is 0 Å². The number of nitrogens with one attached hydrogen (secondary N) is 1. The van der Waals surface area contributed by atoms with Crippen molar-refractivity contribution in [1.82, 2.24) is 4.90 Å². The van der Waals surface area contributed by atoms with E-state index < -0.39 is 5.82 Å². The lowest BCUT2D eigenvalue weighted by Crippen LogP contribution is -2.27. The number of fused-ring (bicyclic) bond motifs is 1. The molecule has 1 N–H and O–H groups in total. The van der Waals surface area contributed by atoms with E-state index in [1.54, 1.807) is 49.5 Å². The SMILES string of the molecule is CCCN(C)C(=O)c1ccc(NC(/N=C\C2=Cc3ccc(I)cc3C(c3c(F)cccc3OC)=NC2)=N/C)cc1. The fraction of sp³-hybridized carbons (Fsp3) is 0.226. The summed E-state index contributed by atoms with van der Waals surface area (Å²) in [6.45, 7) is 3.04. The molecule has 3 aromatic rings. The Balaban J connectivity index is 1.57. The molecule has 0 fully saturated rings. The van der Waals surface area contributed by atoms with Crippen molar-refractivity contribution in [1.29, 1.82) is 0 Å². The second-order valence-electron chi connectivity index (χ2n) is 9.17. The molecule has 1 amide bonds. The van der Waals surface area contributed by atoms with Crippen LogP contribution in [0.5, 0.6) is 5.75 Å². The zero-order chi connectivity index (χ0) is 28.6. The molecule has 206 valence electrons. The Morgan fingerprint density at radius 3 is 2.67 bits per heavy atom. The molecule has 0 saturated heterocycles. The normalized spacial score (nSPS) is 13.3. The second kappa shape index (κ2) is 13.5. The summed E-state index contributed by atoms with van der Waals surface area (Å²) in [6, 6.07) is 18.0. The Kier molecular flexibility index (Phi) is 9.81. The standard InChI is InChI=1S/C31H31FIN5O2/c1-5-15-38(3)30(39)21-10-13-24(14-11-21)37-31(34-2)36-19-20-16-22-9-12-23(33)17-25(22)29(35-18-20)28-26(32)7-6-8-27(28)40-4/h6-14,16-17,19H,5,15,18H2,1-4H3,(H,34,37)/b36-19-. The molecule has 3 aromatic carbocycles. The maximum atomic E-state index is 15.0. The number of anilines is 1. The molecular formula is C31H31FIN5O2. The minimum Gasteiger partial charge on any atom is -0.496 e. The predicted octanol–water partition coefficient (Wildman–Crippen LogP) is 6.32. The van der Waals surface area contributed by atoms with Gasteiger partial charge in [0.05, 0.1) is 24.9 Å². The van der Waals surface area contributed by atoms with Crippen LogP contribution >= 0.6 is 22.6 Å². The van der Waals surface area contributed by atoms with E-state index >= 15 is 4.39 Å². The molecule has 4 rings (SSSR count). The van der Waals surface area contributed by atoms with Crippen molar-refractivity contribution in [3.05, 3.63) is 97.9 Å². The van der Waals surface area contributed by atoms with Crippen LogP contribution in [0, 0.1) is 9.39 Å². The van der Waals surface area contributed by atoms with Crippen molar-refractivity contribution in [2.75, 3.05) is 39.6 Å². The summed E-state index contributed by atoms with van der Waals surface area (Å²) in [5.41, 5.74) is 4.80. The van der Waals surface area contributed by atoms with Crippen LogP contribution in [0.15, 0.2) is 81.2 Å². The molecule has 0 unspecified atom stereocenters. The third kappa shape index (κ3) is 6.82. The number of carbonyl (C=O) groups excluding carboxylic acids is 1. The first-order valence-corrected chi connectivity index (χ1v) is 13.9. The van der Waals surface area contributed by atoms with Crippen molar-refractivity contribution in [3.63, 3.8) is 0 Å². The summed E-state index contributed by atoms with van der Waals surface area (Å²) in [6.07, 6.45) is 4.61. The van der Waals surface area contributed by atoms with E-state index in [-0.39, 0.29) is 5.91 Å². The van der Waals surface area contributed by atoms with E-state index in [9.17, 15) is 4.79 Å². The van der Waals surface area contributed by atoms with Crippen molar-refractivity contribution < 1.29 is 13.9 Å². The summed E-state index contributed by atoms with van der Waals surface area (Å²) in [5.74, 6) is 0.415. The Bertz CT molecular complexity index is 1510. The topological polar surface area (TPSA) is 78.7 Å². The largest absolute Gasteiger partial charge is 0.496 e. The molecule has 0 aliphatic carbocycles. The fourth-order valence-electron chi connectivity index (χ4n) is 4.33. The summed E-state index contributed by atoms with van der Waals surface area (Å²) in [4.78, 5) is 27.8. The summed E-state index contributed by atoms with van der Waals surface area (Å²) < 4.78 is 21.5. The number of ether oxygens (including phenoxy) is 1. The number of halogens is 2. The smallest absolute Gasteiger partial charge is 0.253 e. The number of amides is 1. The first kappa shape index (κ1) is 29.1. The monoisotopic (exact) mass is 651 g/mol. The number of aliphatic imine (C=N–C) groups is 3. The minimum atomic E-state index is -0.394. The van der Waals surface area contributed by atoms with Crippen molar-refractivity contribution in [3.8, 4) is 5.75 Å². The van der Waals surface area contributed by atoms with Crippen molar-refractivity contribution in [2.45, 2.75) is 13.3 Å². The van der Waals surface area contributed by atoms with Gasteiger partial charge in [0, 0.05) is 47.2 Å². The van der Waals surface area contributed by atoms with Crippen LogP contribution in [-0.2, 0) is 0 Å². The van der Waals surface area contributed by atoms with Crippen molar-refractivity contribution >= 4 is 58.1 Å². The Morgan fingerprint density at radius 1 is 1.20 bits per heavy atom. The summed E-state index contributed by atoms with van der Waals surface area (Å²) >= 11 is 2.24.